The van der Waals surface area contributed by atoms with E-state index in [1.165, 1.54) is 159 Å². The standard InChI is InChI=1S/C10H13N.C9H17NO.C9H9NO.C9H11NO.C9H9NO.C8H7NO.C7H6N2O.2C7H13NO.C7H13N/c1-2-4-10-6-8-11-7-5-9(10)3-1;1-5-10-6-2-9(1)3-7-11-8-4-9;11-8-5-1-3-7-4-2-6-10-9(7)8;1-2-4-9-8(3-1)7-10-5-6-11-9;11-9-8-4-2-1-3-7(8)5-6-10-9;10-8-7-4-2-1-3-6(7)5-9-8;10-7-6-5(4-9-7)2-1-3-8-6;1-3-9-4-2-7(1)5-8-6-7;1-3-8-4-2-7(1)5-9-6-7;1-2-7(1)3-5-8-6-4-7/h1-4,11H,5-8H2;10H,1-8H2;2,4,6H,1,3,5H2;1-4,10H,5-7H2;1-4H,5-6H2,(H,10,11);1-4H,5H2,(H,9,10);1-3H,4H2,(H,9,10);2*8H,1-6H2;8H,1-6H2. The van der Waals surface area contributed by atoms with Crippen molar-refractivity contribution in [2.24, 2.45) is 21.7 Å². The summed E-state index contributed by atoms with van der Waals surface area (Å²) >= 11 is 0. The molecule has 2 aromatic heterocycles. The highest BCUT2D eigenvalue weighted by molar-refractivity contribution is 5.98. The molecule has 0 atom stereocenters. The molecule has 8 fully saturated rings. The van der Waals surface area contributed by atoms with Gasteiger partial charge in [-0.05, 0) is 236 Å². The van der Waals surface area contributed by atoms with Gasteiger partial charge in [0.25, 0.3) is 17.7 Å². The molecule has 101 heavy (non-hydrogen) atoms. The predicted octanol–water partition coefficient (Wildman–Crippen LogP) is 9.46. The van der Waals surface area contributed by atoms with Crippen molar-refractivity contribution in [1.82, 2.24) is 57.8 Å². The van der Waals surface area contributed by atoms with Gasteiger partial charge in [-0.1, -0.05) is 91.0 Å². The van der Waals surface area contributed by atoms with Gasteiger partial charge in [0.2, 0.25) is 0 Å². The fourth-order valence-electron chi connectivity index (χ4n) is 15.1. The van der Waals surface area contributed by atoms with E-state index in [0.717, 1.165) is 143 Å². The molecule has 4 spiro atoms. The third kappa shape index (κ3) is 22.6. The molecule has 6 aromatic rings. The van der Waals surface area contributed by atoms with Gasteiger partial charge in [-0.3, -0.25) is 29.1 Å². The van der Waals surface area contributed by atoms with Crippen LogP contribution in [0.15, 0.2) is 134 Å². The van der Waals surface area contributed by atoms with Crippen LogP contribution in [0, 0.1) is 21.7 Å². The molecule has 20 rings (SSSR count). The number of rotatable bonds is 0. The monoisotopic (exact) mass is 1380 g/mol. The van der Waals surface area contributed by atoms with Crippen molar-refractivity contribution in [3.8, 4) is 5.75 Å². The van der Waals surface area contributed by atoms with Gasteiger partial charge in [-0.15, -0.1) is 0 Å². The Kier molecular flexibility index (Phi) is 28.8. The minimum Gasteiger partial charge on any atom is -0.492 e. The van der Waals surface area contributed by atoms with Crippen LogP contribution in [-0.2, 0) is 59.5 Å². The van der Waals surface area contributed by atoms with Crippen molar-refractivity contribution in [2.45, 2.75) is 135 Å². The Bertz CT molecular complexity index is 3290. The molecule has 1 saturated carbocycles. The van der Waals surface area contributed by atoms with Crippen LogP contribution in [0.2, 0.25) is 0 Å². The number of pyridine rings is 2. The number of carbonyl (C=O) groups is 4. The third-order valence-corrected chi connectivity index (χ3v) is 22.2. The summed E-state index contributed by atoms with van der Waals surface area (Å²) in [6.07, 6.45) is 25.8. The van der Waals surface area contributed by atoms with Gasteiger partial charge >= 0.3 is 0 Å². The number of ketones is 1. The first kappa shape index (κ1) is 74.9. The van der Waals surface area contributed by atoms with E-state index >= 15 is 0 Å². The van der Waals surface area contributed by atoms with Gasteiger partial charge in [0.05, 0.1) is 13.2 Å². The Hall–Kier alpha value is -7.30. The van der Waals surface area contributed by atoms with Crippen LogP contribution in [0.1, 0.15) is 171 Å². The first-order valence-electron chi connectivity index (χ1n) is 37.8. The lowest BCUT2D eigenvalue weighted by Crippen LogP contribution is -2.55. The number of piperidine rings is 3. The lowest BCUT2D eigenvalue weighted by atomic mass is 9.73. The molecule has 0 unspecified atom stereocenters. The first-order chi connectivity index (χ1) is 49.6. The molecule has 542 valence electrons. The quantitative estimate of drug-likeness (QED) is 0.0688. The third-order valence-electron chi connectivity index (χ3n) is 22.2. The number of aromatic nitrogens is 2. The number of hydrogen-bond acceptors (Lipinski definition) is 16. The molecule has 7 saturated heterocycles. The van der Waals surface area contributed by atoms with Crippen LogP contribution in [0.5, 0.6) is 5.75 Å². The highest BCUT2D eigenvalue weighted by Gasteiger charge is 2.43. The minimum absolute atomic E-state index is 0.0515. The number of carbonyl (C=O) groups excluding carboxylic acids is 4. The number of Topliss-reactive ketones (excluding diaryl/α,β-unsaturated/α-hetero) is 1. The molecule has 19 nitrogen and oxygen atoms in total. The maximum atomic E-state index is 11.2. The van der Waals surface area contributed by atoms with Crippen LogP contribution >= 0.6 is 0 Å². The Morgan fingerprint density at radius 3 is 1.33 bits per heavy atom. The van der Waals surface area contributed by atoms with E-state index in [9.17, 15) is 19.2 Å². The maximum Gasteiger partial charge on any atom is 0.270 e. The van der Waals surface area contributed by atoms with Gasteiger partial charge in [-0.2, -0.15) is 0 Å². The van der Waals surface area contributed by atoms with Crippen LogP contribution in [0.4, 0.5) is 0 Å². The van der Waals surface area contributed by atoms with Gasteiger partial charge in [0.1, 0.15) is 23.7 Å². The number of hydrogen-bond donors (Lipinski definition) is 9. The molecule has 4 aromatic carbocycles. The topological polar surface area (TPSA) is 239 Å². The van der Waals surface area contributed by atoms with E-state index in [2.05, 4.69) is 88.2 Å². The highest BCUT2D eigenvalue weighted by atomic mass is 16.5. The SMILES string of the molecule is C1CC2(CCN1)CC2.C1CC2(CCN1)CCOCC2.C1CC2(CCN1)COC2.C1CC2(CCO1)CNC2.O=C1CCCc2cccnc21.O=C1NCCc2ccccc21.O=C1NCc2ccccc21.O=C1NCc2cccnc21.c1ccc2c(c1)CCNCC2.c1ccc2c(c1)CNCCO2. The lowest BCUT2D eigenvalue weighted by molar-refractivity contribution is -0.127. The Morgan fingerprint density at radius 2 is 0.792 bits per heavy atom. The second kappa shape index (κ2) is 38.8. The minimum atomic E-state index is -0.0596. The van der Waals surface area contributed by atoms with Gasteiger partial charge in [-0.25, -0.2) is 0 Å². The van der Waals surface area contributed by atoms with Crippen molar-refractivity contribution >= 4 is 23.5 Å². The Labute approximate surface area is 599 Å². The zero-order chi connectivity index (χ0) is 69.7. The van der Waals surface area contributed by atoms with Gasteiger partial charge in [0, 0.05) is 119 Å². The zero-order valence-corrected chi connectivity index (χ0v) is 59.6. The summed E-state index contributed by atoms with van der Waals surface area (Å²) in [6, 6.07) is 39.9. The first-order valence-corrected chi connectivity index (χ1v) is 37.8. The smallest absolute Gasteiger partial charge is 0.270 e. The Morgan fingerprint density at radius 1 is 0.317 bits per heavy atom. The summed E-state index contributed by atoms with van der Waals surface area (Å²) in [7, 11) is 0. The number of benzene rings is 4. The molecule has 19 heteroatoms. The fourth-order valence-corrected chi connectivity index (χ4v) is 15.1. The number of nitrogens with one attached hydrogen (secondary N) is 9. The lowest BCUT2D eigenvalue weighted by Gasteiger charge is -2.45. The van der Waals surface area contributed by atoms with Crippen molar-refractivity contribution in [3.05, 3.63) is 195 Å². The van der Waals surface area contributed by atoms with E-state index in [1.54, 1.807) is 12.4 Å². The second-order valence-electron chi connectivity index (χ2n) is 29.2. The van der Waals surface area contributed by atoms with Crippen molar-refractivity contribution < 1.29 is 38.1 Å². The van der Waals surface area contributed by atoms with Crippen LogP contribution in [0.25, 0.3) is 0 Å². The largest absolute Gasteiger partial charge is 0.492 e. The number of ether oxygens (including phenoxy) is 4. The van der Waals surface area contributed by atoms with Gasteiger partial charge < -0.3 is 66.8 Å². The molecule has 12 aliphatic heterocycles. The summed E-state index contributed by atoms with van der Waals surface area (Å²) in [6.45, 7) is 22.9. The number of para-hydroxylation sites is 1. The Balaban J connectivity index is 0.000000113. The summed E-state index contributed by atoms with van der Waals surface area (Å²) in [5, 5.41) is 28.4. The van der Waals surface area contributed by atoms with E-state index in [-0.39, 0.29) is 23.5 Å². The van der Waals surface area contributed by atoms with E-state index < -0.39 is 0 Å². The van der Waals surface area contributed by atoms with Gasteiger partial charge in [0.15, 0.2) is 5.78 Å². The van der Waals surface area contributed by atoms with Crippen molar-refractivity contribution in [3.63, 3.8) is 0 Å². The molecule has 14 aliphatic rings. The molecule has 14 heterocycles. The zero-order valence-electron chi connectivity index (χ0n) is 59.6. The molecule has 0 radical (unpaired) electrons. The van der Waals surface area contributed by atoms with Crippen LogP contribution < -0.4 is 52.6 Å². The normalized spacial score (nSPS) is 21.6. The summed E-state index contributed by atoms with van der Waals surface area (Å²) in [4.78, 5) is 52.2. The molecule has 0 bridgehead atoms. The van der Waals surface area contributed by atoms with Crippen molar-refractivity contribution in [2.75, 3.05) is 125 Å². The van der Waals surface area contributed by atoms with E-state index in [1.807, 2.05) is 91.0 Å². The van der Waals surface area contributed by atoms with Crippen LogP contribution in [0.3, 0.4) is 0 Å². The predicted molar refractivity (Wildman–Crippen MR) is 396 cm³/mol. The van der Waals surface area contributed by atoms with E-state index in [0.29, 0.717) is 47.1 Å². The highest BCUT2D eigenvalue weighted by Crippen LogP contribution is 2.52. The number of nitrogens with zero attached hydrogens (tertiary/aromatic N) is 2. The van der Waals surface area contributed by atoms with Crippen molar-refractivity contribution in [1.29, 1.82) is 0 Å². The summed E-state index contributed by atoms with van der Waals surface area (Å²) < 4.78 is 21.3. The molecule has 3 amide bonds. The molecule has 9 N–H and O–H groups in total. The average molecular weight is 1380 g/mol. The molecule has 2 aliphatic carbocycles. The number of amides is 3. The summed E-state index contributed by atoms with van der Waals surface area (Å²) in [5.41, 5.74) is 14.4. The fraction of sp³-hybridized carbons (Fsp3) is 0.537. The van der Waals surface area contributed by atoms with E-state index in [4.69, 9.17) is 18.9 Å². The summed E-state index contributed by atoms with van der Waals surface area (Å²) in [5.74, 6) is 1.28. The average Bonchev–Trinajstić information content (AvgIpc) is 1.62. The second-order valence-corrected chi connectivity index (χ2v) is 29.2. The number of fused-ring (bicyclic) bond motifs is 6. The molecular weight excluding hydrogens is 1270 g/mol. The van der Waals surface area contributed by atoms with Crippen LogP contribution in [-0.4, -0.2) is 158 Å². The maximum absolute atomic E-state index is 11.2. The number of aryl methyl sites for hydroxylation is 1. The molecular formula is C82H111N11O8.